The van der Waals surface area contributed by atoms with Gasteiger partial charge in [0.2, 0.25) is 5.96 Å². The van der Waals surface area contributed by atoms with E-state index in [0.717, 1.165) is 11.1 Å². The van der Waals surface area contributed by atoms with Gasteiger partial charge in [-0.05, 0) is 30.2 Å². The maximum absolute atomic E-state index is 13.0. The number of carbonyl (C=O) groups excluding carboxylic acids is 1. The third kappa shape index (κ3) is 5.32. The van der Waals surface area contributed by atoms with Crippen LogP contribution >= 0.6 is 11.6 Å². The van der Waals surface area contributed by atoms with Crippen LogP contribution < -0.4 is 11.2 Å². The minimum Gasteiger partial charge on any atom is -0.368 e. The van der Waals surface area contributed by atoms with Crippen LogP contribution in [-0.4, -0.2) is 21.7 Å². The topological polar surface area (TPSA) is 94.5 Å². The minimum atomic E-state index is -0.740. The summed E-state index contributed by atoms with van der Waals surface area (Å²) in [5, 5.41) is 4.36. The van der Waals surface area contributed by atoms with Crippen molar-refractivity contribution in [3.63, 3.8) is 0 Å². The first kappa shape index (κ1) is 20.3. The number of hydroxylamine groups is 1. The summed E-state index contributed by atoms with van der Waals surface area (Å²) in [4.78, 5) is 21.5. The molecule has 0 unspecified atom stereocenters. The van der Waals surface area contributed by atoms with E-state index in [1.165, 1.54) is 16.8 Å². The number of benzene rings is 2. The van der Waals surface area contributed by atoms with Gasteiger partial charge < -0.3 is 10.6 Å². The highest BCUT2D eigenvalue weighted by atomic mass is 35.5. The summed E-state index contributed by atoms with van der Waals surface area (Å²) in [6, 6.07) is 15.4. The first-order chi connectivity index (χ1) is 13.9. The Balaban J connectivity index is 1.63. The van der Waals surface area contributed by atoms with Crippen LogP contribution in [0.25, 0.3) is 0 Å². The third-order valence-electron chi connectivity index (χ3n) is 4.04. The van der Waals surface area contributed by atoms with Gasteiger partial charge in [0.05, 0.1) is 18.8 Å². The molecule has 7 nitrogen and oxygen atoms in total. The summed E-state index contributed by atoms with van der Waals surface area (Å²) in [5.74, 6) is -1.12. The van der Waals surface area contributed by atoms with Gasteiger partial charge in [-0.1, -0.05) is 54.1 Å². The number of hydrogen-bond donors (Lipinski definition) is 2. The molecular weight excluding hydrogens is 397 g/mol. The Morgan fingerprint density at radius 1 is 1.21 bits per heavy atom. The predicted octanol–water partition coefficient (Wildman–Crippen LogP) is 3.21. The van der Waals surface area contributed by atoms with Crippen molar-refractivity contribution in [3.8, 4) is 0 Å². The first-order valence-corrected chi connectivity index (χ1v) is 9.10. The highest BCUT2D eigenvalue weighted by Gasteiger charge is 2.22. The van der Waals surface area contributed by atoms with Gasteiger partial charge in [-0.3, -0.25) is 0 Å². The van der Waals surface area contributed by atoms with Crippen LogP contribution in [0.4, 0.5) is 4.39 Å². The van der Waals surface area contributed by atoms with E-state index in [0.29, 0.717) is 12.2 Å². The van der Waals surface area contributed by atoms with E-state index in [-0.39, 0.29) is 29.0 Å². The summed E-state index contributed by atoms with van der Waals surface area (Å²) in [7, 11) is 0. The molecule has 0 saturated heterocycles. The summed E-state index contributed by atoms with van der Waals surface area (Å²) in [5.41, 5.74) is 10.3. The molecule has 0 bridgehead atoms. The number of halogens is 2. The lowest BCUT2D eigenvalue weighted by molar-refractivity contribution is 0.0383. The van der Waals surface area contributed by atoms with Gasteiger partial charge in [-0.15, -0.1) is 0 Å². The zero-order valence-corrected chi connectivity index (χ0v) is 16.4. The Morgan fingerprint density at radius 2 is 1.90 bits per heavy atom. The number of hydrogen-bond acceptors (Lipinski definition) is 4. The zero-order valence-electron chi connectivity index (χ0n) is 15.6. The maximum Gasteiger partial charge on any atom is 0.367 e. The molecular formula is C20H19ClFN5O2. The Bertz CT molecular complexity index is 1020. The Hall–Kier alpha value is -3.39. The van der Waals surface area contributed by atoms with Crippen molar-refractivity contribution in [2.45, 2.75) is 20.0 Å². The van der Waals surface area contributed by atoms with Crippen molar-refractivity contribution >= 4 is 23.5 Å². The summed E-state index contributed by atoms with van der Waals surface area (Å²) >= 11 is 6.30. The van der Waals surface area contributed by atoms with Crippen molar-refractivity contribution < 1.29 is 14.0 Å². The van der Waals surface area contributed by atoms with Gasteiger partial charge in [0, 0.05) is 0 Å². The van der Waals surface area contributed by atoms with E-state index >= 15 is 0 Å². The quantitative estimate of drug-likeness (QED) is 0.379. The monoisotopic (exact) mass is 415 g/mol. The maximum atomic E-state index is 13.0. The lowest BCUT2D eigenvalue weighted by atomic mass is 10.2. The van der Waals surface area contributed by atoms with Crippen molar-refractivity contribution in [2.75, 3.05) is 0 Å². The smallest absolute Gasteiger partial charge is 0.367 e. The lowest BCUT2D eigenvalue weighted by Gasteiger charge is -2.06. The van der Waals surface area contributed by atoms with Crippen molar-refractivity contribution in [1.82, 2.24) is 15.3 Å². The van der Waals surface area contributed by atoms with E-state index in [9.17, 15) is 9.18 Å². The lowest BCUT2D eigenvalue weighted by Crippen LogP contribution is -2.34. The Labute approximate surface area is 171 Å². The molecule has 0 atom stereocenters. The van der Waals surface area contributed by atoms with Crippen LogP contribution in [0.2, 0.25) is 5.15 Å². The SMILES string of the molecule is Cc1nn(Cc2ccc(F)cc2)c(Cl)c1C(=O)ONC(N)=NCc1ccccc1. The van der Waals surface area contributed by atoms with Crippen LogP contribution in [0.3, 0.4) is 0 Å². The summed E-state index contributed by atoms with van der Waals surface area (Å²) in [6.45, 7) is 2.25. The fourth-order valence-electron chi connectivity index (χ4n) is 2.59. The van der Waals surface area contributed by atoms with Gasteiger partial charge in [0.15, 0.2) is 0 Å². The molecule has 3 aromatic rings. The molecule has 0 amide bonds. The molecule has 2 aromatic carbocycles. The second-order valence-electron chi connectivity index (χ2n) is 6.21. The van der Waals surface area contributed by atoms with Crippen LogP contribution in [-0.2, 0) is 17.9 Å². The van der Waals surface area contributed by atoms with Crippen LogP contribution in [0, 0.1) is 12.7 Å². The fourth-order valence-corrected chi connectivity index (χ4v) is 2.91. The highest BCUT2D eigenvalue weighted by Crippen LogP contribution is 2.21. The van der Waals surface area contributed by atoms with Gasteiger partial charge in [-0.2, -0.15) is 10.6 Å². The van der Waals surface area contributed by atoms with Crippen LogP contribution in [0.15, 0.2) is 59.6 Å². The van der Waals surface area contributed by atoms with Crippen LogP contribution in [0.5, 0.6) is 0 Å². The zero-order chi connectivity index (χ0) is 20.8. The van der Waals surface area contributed by atoms with Crippen molar-refractivity contribution in [2.24, 2.45) is 10.7 Å². The molecule has 0 aliphatic carbocycles. The van der Waals surface area contributed by atoms with Crippen molar-refractivity contribution in [3.05, 3.63) is 88.0 Å². The average Bonchev–Trinajstić information content (AvgIpc) is 3.00. The summed E-state index contributed by atoms with van der Waals surface area (Å²) < 4.78 is 14.5. The number of aryl methyl sites for hydroxylation is 1. The van der Waals surface area contributed by atoms with Gasteiger partial charge in [-0.25, -0.2) is 18.9 Å². The fraction of sp³-hybridized carbons (Fsp3) is 0.150. The number of nitrogens with zero attached hydrogens (tertiary/aromatic N) is 3. The Kier molecular flexibility index (Phi) is 6.46. The number of rotatable bonds is 5. The molecule has 9 heteroatoms. The molecule has 0 radical (unpaired) electrons. The number of nitrogens with one attached hydrogen (secondary N) is 1. The molecule has 0 aliphatic rings. The third-order valence-corrected chi connectivity index (χ3v) is 4.42. The molecule has 1 aromatic heterocycles. The number of carbonyl (C=O) groups is 1. The molecule has 29 heavy (non-hydrogen) atoms. The number of aliphatic imine (C=N–C) groups is 1. The Morgan fingerprint density at radius 3 is 2.59 bits per heavy atom. The average molecular weight is 416 g/mol. The van der Waals surface area contributed by atoms with Gasteiger partial charge in [0.1, 0.15) is 16.5 Å². The first-order valence-electron chi connectivity index (χ1n) is 8.72. The van der Waals surface area contributed by atoms with Gasteiger partial charge in [0.25, 0.3) is 0 Å². The predicted molar refractivity (Wildman–Crippen MR) is 108 cm³/mol. The number of guanidine groups is 1. The van der Waals surface area contributed by atoms with E-state index < -0.39 is 5.97 Å². The molecule has 3 rings (SSSR count). The highest BCUT2D eigenvalue weighted by molar-refractivity contribution is 6.32. The second-order valence-corrected chi connectivity index (χ2v) is 6.57. The molecule has 0 spiro atoms. The molecule has 1 heterocycles. The normalized spacial score (nSPS) is 11.3. The van der Waals surface area contributed by atoms with E-state index in [4.69, 9.17) is 22.2 Å². The standard InChI is InChI=1S/C20H19ClFN5O2/c1-13-17(18(21)27(25-13)12-15-7-9-16(22)10-8-15)19(28)29-26-20(23)24-11-14-5-3-2-4-6-14/h2-10H,11-12H2,1H3,(H3,23,24,26). The molecule has 3 N–H and O–H groups in total. The van der Waals surface area contributed by atoms with Gasteiger partial charge >= 0.3 is 5.97 Å². The number of aromatic nitrogens is 2. The van der Waals surface area contributed by atoms with Crippen LogP contribution in [0.1, 0.15) is 27.2 Å². The van der Waals surface area contributed by atoms with E-state index in [2.05, 4.69) is 15.6 Å². The molecule has 0 aliphatic heterocycles. The second kappa shape index (κ2) is 9.20. The van der Waals surface area contributed by atoms with Crippen molar-refractivity contribution in [1.29, 1.82) is 0 Å². The molecule has 0 fully saturated rings. The number of nitrogens with two attached hydrogens (primary N) is 1. The summed E-state index contributed by atoms with van der Waals surface area (Å²) in [6.07, 6.45) is 0. The minimum absolute atomic E-state index is 0.0466. The molecule has 150 valence electrons. The largest absolute Gasteiger partial charge is 0.368 e. The molecule has 0 saturated carbocycles. The van der Waals surface area contributed by atoms with E-state index in [1.807, 2.05) is 30.3 Å². The van der Waals surface area contributed by atoms with E-state index in [1.54, 1.807) is 19.1 Å².